The molecule has 2 nitrogen and oxygen atoms in total. The second-order valence-corrected chi connectivity index (χ2v) is 4.01. The van der Waals surface area contributed by atoms with E-state index in [4.69, 9.17) is 4.74 Å². The van der Waals surface area contributed by atoms with Crippen LogP contribution in [0.2, 0.25) is 0 Å². The molecule has 0 spiro atoms. The molecule has 1 atom stereocenters. The lowest BCUT2D eigenvalue weighted by Gasteiger charge is -2.19. The zero-order valence-electron chi connectivity index (χ0n) is 6.92. The zero-order valence-corrected chi connectivity index (χ0v) is 6.92. The molecule has 0 aromatic carbocycles. The van der Waals surface area contributed by atoms with E-state index < -0.39 is 0 Å². The van der Waals surface area contributed by atoms with Gasteiger partial charge in [0.15, 0.2) is 6.40 Å². The minimum absolute atomic E-state index is 0.371. The molecule has 58 valence electrons. The van der Waals surface area contributed by atoms with Crippen LogP contribution in [-0.4, -0.2) is 19.0 Å². The third kappa shape index (κ3) is 2.38. The van der Waals surface area contributed by atoms with Crippen LogP contribution >= 0.6 is 0 Å². The SMILES string of the molecule is CC(C)(C)CC1COC=N1. The highest BCUT2D eigenvalue weighted by Crippen LogP contribution is 2.23. The van der Waals surface area contributed by atoms with Crippen LogP contribution in [0.25, 0.3) is 0 Å². The fraction of sp³-hybridized carbons (Fsp3) is 0.875. The fourth-order valence-electron chi connectivity index (χ4n) is 1.14. The van der Waals surface area contributed by atoms with Crippen LogP contribution in [-0.2, 0) is 4.74 Å². The average molecular weight is 141 g/mol. The smallest absolute Gasteiger partial charge is 0.169 e. The molecular formula is C8H15NO. The van der Waals surface area contributed by atoms with Crippen molar-refractivity contribution in [2.45, 2.75) is 33.2 Å². The highest BCUT2D eigenvalue weighted by Gasteiger charge is 2.20. The summed E-state index contributed by atoms with van der Waals surface area (Å²) in [6.07, 6.45) is 2.68. The molecule has 0 fully saturated rings. The molecule has 0 saturated carbocycles. The van der Waals surface area contributed by atoms with Crippen LogP contribution in [0, 0.1) is 5.41 Å². The van der Waals surface area contributed by atoms with E-state index in [9.17, 15) is 0 Å². The Kier molecular flexibility index (Phi) is 1.97. The lowest BCUT2D eigenvalue weighted by atomic mass is 9.89. The second-order valence-electron chi connectivity index (χ2n) is 4.01. The Hall–Kier alpha value is -0.530. The van der Waals surface area contributed by atoms with Gasteiger partial charge in [-0.1, -0.05) is 20.8 Å². The van der Waals surface area contributed by atoms with E-state index in [1.165, 1.54) is 0 Å². The van der Waals surface area contributed by atoms with Crippen LogP contribution in [0.15, 0.2) is 4.99 Å². The summed E-state index contributed by atoms with van der Waals surface area (Å²) in [5.41, 5.74) is 0.371. The van der Waals surface area contributed by atoms with E-state index in [0.29, 0.717) is 11.5 Å². The molecule has 2 heteroatoms. The van der Waals surface area contributed by atoms with Gasteiger partial charge in [0.05, 0.1) is 6.04 Å². The molecular weight excluding hydrogens is 126 g/mol. The maximum absolute atomic E-state index is 5.01. The Bertz CT molecular complexity index is 135. The van der Waals surface area contributed by atoms with E-state index >= 15 is 0 Å². The van der Waals surface area contributed by atoms with Crippen LogP contribution in [0.5, 0.6) is 0 Å². The summed E-state index contributed by atoms with van der Waals surface area (Å²) < 4.78 is 5.01. The molecule has 0 amide bonds. The molecule has 0 radical (unpaired) electrons. The van der Waals surface area contributed by atoms with Crippen molar-refractivity contribution in [1.29, 1.82) is 0 Å². The summed E-state index contributed by atoms with van der Waals surface area (Å²) in [6.45, 7) is 7.44. The first-order chi connectivity index (χ1) is 4.58. The van der Waals surface area contributed by atoms with Crippen molar-refractivity contribution in [3.05, 3.63) is 0 Å². The summed E-state index contributed by atoms with van der Waals surface area (Å²) in [5.74, 6) is 0. The number of ether oxygens (including phenoxy) is 1. The maximum Gasteiger partial charge on any atom is 0.169 e. The predicted octanol–water partition coefficient (Wildman–Crippen LogP) is 1.85. The predicted molar refractivity (Wildman–Crippen MR) is 42.3 cm³/mol. The first-order valence-corrected chi connectivity index (χ1v) is 3.71. The number of nitrogens with zero attached hydrogens (tertiary/aromatic N) is 1. The van der Waals surface area contributed by atoms with Crippen LogP contribution < -0.4 is 0 Å². The van der Waals surface area contributed by atoms with Crippen molar-refractivity contribution in [3.63, 3.8) is 0 Å². The second kappa shape index (κ2) is 2.60. The van der Waals surface area contributed by atoms with Gasteiger partial charge in [-0.25, -0.2) is 0 Å². The summed E-state index contributed by atoms with van der Waals surface area (Å²) in [6, 6.07) is 0.403. The molecule has 0 bridgehead atoms. The van der Waals surface area contributed by atoms with Crippen LogP contribution in [0.3, 0.4) is 0 Å². The Labute approximate surface area is 62.3 Å². The monoisotopic (exact) mass is 141 g/mol. The number of rotatable bonds is 1. The molecule has 0 N–H and O–H groups in total. The molecule has 1 rings (SSSR count). The summed E-state index contributed by atoms with van der Waals surface area (Å²) >= 11 is 0. The molecule has 0 saturated heterocycles. The van der Waals surface area contributed by atoms with E-state index in [0.717, 1.165) is 13.0 Å². The number of hydrogen-bond donors (Lipinski definition) is 0. The first kappa shape index (κ1) is 7.58. The van der Waals surface area contributed by atoms with Crippen LogP contribution in [0.4, 0.5) is 0 Å². The Morgan fingerprint density at radius 2 is 2.30 bits per heavy atom. The number of aliphatic imine (C=N–C) groups is 1. The third-order valence-corrected chi connectivity index (χ3v) is 1.48. The van der Waals surface area contributed by atoms with Crippen molar-refractivity contribution in [2.75, 3.05) is 6.61 Å². The van der Waals surface area contributed by atoms with Gasteiger partial charge >= 0.3 is 0 Å². The molecule has 0 aromatic rings. The molecule has 1 aliphatic heterocycles. The van der Waals surface area contributed by atoms with E-state index in [1.807, 2.05) is 0 Å². The summed E-state index contributed by atoms with van der Waals surface area (Å²) in [7, 11) is 0. The van der Waals surface area contributed by atoms with Crippen molar-refractivity contribution in [3.8, 4) is 0 Å². The van der Waals surface area contributed by atoms with Gasteiger partial charge in [0.1, 0.15) is 6.61 Å². The van der Waals surface area contributed by atoms with Gasteiger partial charge in [-0.05, 0) is 11.8 Å². The van der Waals surface area contributed by atoms with E-state index in [-0.39, 0.29) is 0 Å². The van der Waals surface area contributed by atoms with Gasteiger partial charge in [-0.2, -0.15) is 0 Å². The number of hydrogen-bond acceptors (Lipinski definition) is 2. The summed E-state index contributed by atoms with van der Waals surface area (Å²) in [4.78, 5) is 4.17. The summed E-state index contributed by atoms with van der Waals surface area (Å²) in [5, 5.41) is 0. The topological polar surface area (TPSA) is 21.6 Å². The Balaban J connectivity index is 2.31. The van der Waals surface area contributed by atoms with Gasteiger partial charge in [0.25, 0.3) is 0 Å². The standard InChI is InChI=1S/C8H15NO/c1-8(2,3)4-7-5-10-6-9-7/h6-7H,4-5H2,1-3H3. The molecule has 1 heterocycles. The van der Waals surface area contributed by atoms with Gasteiger partial charge < -0.3 is 4.74 Å². The molecule has 1 unspecified atom stereocenters. The largest absolute Gasteiger partial charge is 0.481 e. The van der Waals surface area contributed by atoms with E-state index in [2.05, 4.69) is 25.8 Å². The highest BCUT2D eigenvalue weighted by molar-refractivity contribution is 5.48. The molecule has 0 aromatic heterocycles. The maximum atomic E-state index is 5.01. The van der Waals surface area contributed by atoms with Gasteiger partial charge in [0.2, 0.25) is 0 Å². The van der Waals surface area contributed by atoms with Gasteiger partial charge in [0, 0.05) is 0 Å². The van der Waals surface area contributed by atoms with E-state index in [1.54, 1.807) is 6.40 Å². The normalized spacial score (nSPS) is 24.9. The highest BCUT2D eigenvalue weighted by atomic mass is 16.5. The average Bonchev–Trinajstić information content (AvgIpc) is 2.12. The van der Waals surface area contributed by atoms with Crippen molar-refractivity contribution in [1.82, 2.24) is 0 Å². The van der Waals surface area contributed by atoms with Crippen molar-refractivity contribution in [2.24, 2.45) is 10.4 Å². The minimum atomic E-state index is 0.371. The van der Waals surface area contributed by atoms with Crippen LogP contribution in [0.1, 0.15) is 27.2 Å². The Morgan fingerprint density at radius 1 is 1.60 bits per heavy atom. The van der Waals surface area contributed by atoms with Gasteiger partial charge in [-0.3, -0.25) is 4.99 Å². The minimum Gasteiger partial charge on any atom is -0.481 e. The third-order valence-electron chi connectivity index (χ3n) is 1.48. The van der Waals surface area contributed by atoms with Gasteiger partial charge in [-0.15, -0.1) is 0 Å². The lowest BCUT2D eigenvalue weighted by Crippen LogP contribution is -2.17. The first-order valence-electron chi connectivity index (χ1n) is 3.71. The van der Waals surface area contributed by atoms with Crippen molar-refractivity contribution >= 4 is 6.40 Å². The molecule has 1 aliphatic rings. The fourth-order valence-corrected chi connectivity index (χ4v) is 1.14. The molecule has 0 aliphatic carbocycles. The zero-order chi connectivity index (χ0) is 7.61. The quantitative estimate of drug-likeness (QED) is 0.546. The van der Waals surface area contributed by atoms with Crippen molar-refractivity contribution < 1.29 is 4.74 Å². The lowest BCUT2D eigenvalue weighted by molar-refractivity contribution is 0.272. The molecule has 10 heavy (non-hydrogen) atoms. The Morgan fingerprint density at radius 3 is 2.70 bits per heavy atom.